The molecule has 112 valence electrons. The highest BCUT2D eigenvalue weighted by atomic mass is 79.9. The summed E-state index contributed by atoms with van der Waals surface area (Å²) in [5.41, 5.74) is 1.70. The van der Waals surface area contributed by atoms with Crippen LogP contribution in [0.2, 0.25) is 0 Å². The van der Waals surface area contributed by atoms with Crippen molar-refractivity contribution in [1.82, 2.24) is 0 Å². The van der Waals surface area contributed by atoms with Gasteiger partial charge in [-0.05, 0) is 23.8 Å². The average molecular weight is 355 g/mol. The molecular weight excluding hydrogens is 339 g/mol. The molecule has 0 unspecified atom stereocenters. The Morgan fingerprint density at radius 2 is 1.81 bits per heavy atom. The fourth-order valence-electron chi connectivity index (χ4n) is 1.95. The van der Waals surface area contributed by atoms with Crippen LogP contribution in [0.1, 0.15) is 11.1 Å². The number of halogens is 2. The Hall–Kier alpha value is -1.75. The van der Waals surface area contributed by atoms with E-state index in [1.807, 2.05) is 18.2 Å². The summed E-state index contributed by atoms with van der Waals surface area (Å²) >= 11 is 3.42. The van der Waals surface area contributed by atoms with E-state index in [0.29, 0.717) is 16.8 Å². The van der Waals surface area contributed by atoms with Crippen LogP contribution < -0.4 is 14.2 Å². The zero-order chi connectivity index (χ0) is 15.2. The van der Waals surface area contributed by atoms with Gasteiger partial charge in [-0.1, -0.05) is 34.1 Å². The number of hydrogen-bond donors (Lipinski definition) is 0. The molecule has 0 saturated carbocycles. The summed E-state index contributed by atoms with van der Waals surface area (Å²) in [4.78, 5) is 0. The van der Waals surface area contributed by atoms with E-state index in [9.17, 15) is 4.39 Å². The SMILES string of the molecule is COc1ccc(COc2c(CBr)cccc2OC)cc1F. The first-order chi connectivity index (χ1) is 10.2. The van der Waals surface area contributed by atoms with Crippen LogP contribution in [0.4, 0.5) is 4.39 Å². The Bertz CT molecular complexity index is 594. The quantitative estimate of drug-likeness (QED) is 0.723. The molecule has 0 radical (unpaired) electrons. The molecule has 0 aliphatic heterocycles. The number of benzene rings is 2. The molecule has 0 saturated heterocycles. The zero-order valence-electron chi connectivity index (χ0n) is 11.9. The third kappa shape index (κ3) is 3.67. The van der Waals surface area contributed by atoms with E-state index < -0.39 is 5.82 Å². The standard InChI is InChI=1S/C16H16BrFO3/c1-19-14-7-6-11(8-13(14)18)10-21-16-12(9-17)4-3-5-15(16)20-2/h3-8H,9-10H2,1-2H3. The number of rotatable bonds is 6. The Morgan fingerprint density at radius 1 is 1.05 bits per heavy atom. The molecule has 0 spiro atoms. The summed E-state index contributed by atoms with van der Waals surface area (Å²) in [5.74, 6) is 1.13. The van der Waals surface area contributed by atoms with Crippen molar-refractivity contribution in [3.63, 3.8) is 0 Å². The first-order valence-electron chi connectivity index (χ1n) is 6.36. The van der Waals surface area contributed by atoms with Gasteiger partial charge in [-0.15, -0.1) is 0 Å². The van der Waals surface area contributed by atoms with Crippen LogP contribution >= 0.6 is 15.9 Å². The number of hydrogen-bond acceptors (Lipinski definition) is 3. The maximum absolute atomic E-state index is 13.7. The summed E-state index contributed by atoms with van der Waals surface area (Å²) in [5, 5.41) is 0.649. The van der Waals surface area contributed by atoms with Crippen molar-refractivity contribution < 1.29 is 18.6 Å². The number of alkyl halides is 1. The van der Waals surface area contributed by atoms with Crippen LogP contribution in [0.15, 0.2) is 36.4 Å². The van der Waals surface area contributed by atoms with E-state index >= 15 is 0 Å². The van der Waals surface area contributed by atoms with Crippen molar-refractivity contribution in [3.8, 4) is 17.2 Å². The predicted molar refractivity (Wildman–Crippen MR) is 82.9 cm³/mol. The lowest BCUT2D eigenvalue weighted by Gasteiger charge is -2.14. The van der Waals surface area contributed by atoms with E-state index in [1.54, 1.807) is 19.2 Å². The summed E-state index contributed by atoms with van der Waals surface area (Å²) in [7, 11) is 3.03. The number of para-hydroxylation sites is 1. The molecule has 0 aromatic heterocycles. The molecule has 0 fully saturated rings. The largest absolute Gasteiger partial charge is 0.494 e. The zero-order valence-corrected chi connectivity index (χ0v) is 13.4. The van der Waals surface area contributed by atoms with Crippen LogP contribution in [-0.4, -0.2) is 14.2 Å². The molecule has 2 aromatic rings. The van der Waals surface area contributed by atoms with Gasteiger partial charge >= 0.3 is 0 Å². The molecule has 5 heteroatoms. The minimum Gasteiger partial charge on any atom is -0.494 e. The highest BCUT2D eigenvalue weighted by molar-refractivity contribution is 9.08. The average Bonchev–Trinajstić information content (AvgIpc) is 2.52. The molecule has 0 amide bonds. The van der Waals surface area contributed by atoms with Crippen molar-refractivity contribution in [3.05, 3.63) is 53.3 Å². The second kappa shape index (κ2) is 7.31. The monoisotopic (exact) mass is 354 g/mol. The fourth-order valence-corrected chi connectivity index (χ4v) is 2.39. The van der Waals surface area contributed by atoms with Crippen molar-refractivity contribution >= 4 is 15.9 Å². The van der Waals surface area contributed by atoms with E-state index in [1.165, 1.54) is 13.2 Å². The summed E-state index contributed by atoms with van der Waals surface area (Å²) in [6, 6.07) is 10.4. The van der Waals surface area contributed by atoms with Crippen molar-refractivity contribution in [1.29, 1.82) is 0 Å². The lowest BCUT2D eigenvalue weighted by Crippen LogP contribution is -2.01. The number of methoxy groups -OCH3 is 2. The maximum Gasteiger partial charge on any atom is 0.165 e. The lowest BCUT2D eigenvalue weighted by atomic mass is 10.2. The minimum atomic E-state index is -0.403. The van der Waals surface area contributed by atoms with E-state index in [2.05, 4.69) is 15.9 Å². The van der Waals surface area contributed by atoms with E-state index in [4.69, 9.17) is 14.2 Å². The molecule has 0 aliphatic carbocycles. The highest BCUT2D eigenvalue weighted by Gasteiger charge is 2.11. The van der Waals surface area contributed by atoms with Crippen molar-refractivity contribution in [2.45, 2.75) is 11.9 Å². The Labute approximate surface area is 131 Å². The molecular formula is C16H16BrFO3. The van der Waals surface area contributed by atoms with Crippen LogP contribution in [0.3, 0.4) is 0 Å². The van der Waals surface area contributed by atoms with Gasteiger partial charge in [-0.2, -0.15) is 0 Å². The first kappa shape index (κ1) is 15.6. The van der Waals surface area contributed by atoms with Gasteiger partial charge < -0.3 is 14.2 Å². The van der Waals surface area contributed by atoms with Crippen LogP contribution in [-0.2, 0) is 11.9 Å². The molecule has 21 heavy (non-hydrogen) atoms. The third-order valence-corrected chi connectivity index (χ3v) is 3.63. The minimum absolute atomic E-state index is 0.220. The lowest BCUT2D eigenvalue weighted by molar-refractivity contribution is 0.281. The van der Waals surface area contributed by atoms with Gasteiger partial charge in [0.15, 0.2) is 23.1 Å². The maximum atomic E-state index is 13.7. The van der Waals surface area contributed by atoms with Crippen LogP contribution in [0, 0.1) is 5.82 Å². The van der Waals surface area contributed by atoms with Gasteiger partial charge in [0.1, 0.15) is 6.61 Å². The molecule has 2 rings (SSSR count). The highest BCUT2D eigenvalue weighted by Crippen LogP contribution is 2.33. The van der Waals surface area contributed by atoms with Gasteiger partial charge in [0, 0.05) is 10.9 Å². The van der Waals surface area contributed by atoms with Gasteiger partial charge in [0.05, 0.1) is 14.2 Å². The molecule has 2 aromatic carbocycles. The summed E-state index contributed by atoms with van der Waals surface area (Å²) in [6.07, 6.45) is 0. The van der Waals surface area contributed by atoms with Crippen molar-refractivity contribution in [2.75, 3.05) is 14.2 Å². The normalized spacial score (nSPS) is 10.3. The van der Waals surface area contributed by atoms with Gasteiger partial charge in [0.25, 0.3) is 0 Å². The Balaban J connectivity index is 2.18. The van der Waals surface area contributed by atoms with Crippen LogP contribution in [0.5, 0.6) is 17.2 Å². The predicted octanol–water partition coefficient (Wildman–Crippen LogP) is 4.32. The molecule has 0 aliphatic rings. The molecule has 3 nitrogen and oxygen atoms in total. The smallest absolute Gasteiger partial charge is 0.165 e. The topological polar surface area (TPSA) is 27.7 Å². The molecule has 0 atom stereocenters. The van der Waals surface area contributed by atoms with Gasteiger partial charge in [-0.25, -0.2) is 4.39 Å². The van der Waals surface area contributed by atoms with E-state index in [-0.39, 0.29) is 12.4 Å². The molecule has 0 heterocycles. The second-order valence-corrected chi connectivity index (χ2v) is 4.90. The summed E-state index contributed by atoms with van der Waals surface area (Å²) < 4.78 is 29.6. The second-order valence-electron chi connectivity index (χ2n) is 4.34. The van der Waals surface area contributed by atoms with Gasteiger partial charge in [-0.3, -0.25) is 0 Å². The summed E-state index contributed by atoms with van der Waals surface area (Å²) in [6.45, 7) is 0.251. The Kier molecular flexibility index (Phi) is 5.44. The van der Waals surface area contributed by atoms with E-state index in [0.717, 1.165) is 11.1 Å². The van der Waals surface area contributed by atoms with Gasteiger partial charge in [0.2, 0.25) is 0 Å². The molecule has 0 bridgehead atoms. The first-order valence-corrected chi connectivity index (χ1v) is 7.48. The molecule has 0 N–H and O–H groups in total. The van der Waals surface area contributed by atoms with Crippen molar-refractivity contribution in [2.24, 2.45) is 0 Å². The Morgan fingerprint density at radius 3 is 2.43 bits per heavy atom. The number of ether oxygens (including phenoxy) is 3. The fraction of sp³-hybridized carbons (Fsp3) is 0.250. The third-order valence-electron chi connectivity index (χ3n) is 3.02. The van der Waals surface area contributed by atoms with Crippen LogP contribution in [0.25, 0.3) is 0 Å².